The van der Waals surface area contributed by atoms with Crippen LogP contribution in [-0.4, -0.2) is 37.6 Å². The maximum atomic E-state index is 6.18. The Bertz CT molecular complexity index is 1020. The van der Waals surface area contributed by atoms with E-state index in [1.807, 2.05) is 0 Å². The molecular formula is C31H37ClN2. The van der Waals surface area contributed by atoms with Crippen LogP contribution in [0.3, 0.4) is 0 Å². The molecule has 2 nitrogen and oxygen atoms in total. The standard InChI is InChI=1S/C31H37ClN2/c32-29-14-12-28(13-15-29)31(17-7-18-31)25-34-22-19-30(20-23-34,27-10-5-2-6-11-27)24-33-21-16-26-8-3-1-4-9-26/h1-6,8-15,33H,7,16-25H2. The van der Waals surface area contributed by atoms with E-state index in [4.69, 9.17) is 11.6 Å². The zero-order valence-electron chi connectivity index (χ0n) is 20.2. The van der Waals surface area contributed by atoms with Gasteiger partial charge in [0.05, 0.1) is 0 Å². The normalized spacial score (nSPS) is 19.4. The third-order valence-electron chi connectivity index (χ3n) is 8.39. The van der Waals surface area contributed by atoms with Crippen LogP contribution in [-0.2, 0) is 17.3 Å². The number of hydrogen-bond donors (Lipinski definition) is 1. The molecule has 0 amide bonds. The largest absolute Gasteiger partial charge is 0.316 e. The first-order chi connectivity index (χ1) is 16.7. The van der Waals surface area contributed by atoms with E-state index in [0.717, 1.165) is 24.5 Å². The molecule has 1 heterocycles. The summed E-state index contributed by atoms with van der Waals surface area (Å²) in [5, 5.41) is 4.67. The second-order valence-electron chi connectivity index (χ2n) is 10.5. The summed E-state index contributed by atoms with van der Waals surface area (Å²) in [7, 11) is 0. The van der Waals surface area contributed by atoms with Crippen LogP contribution in [0.2, 0.25) is 5.02 Å². The first-order valence-corrected chi connectivity index (χ1v) is 13.3. The van der Waals surface area contributed by atoms with E-state index in [9.17, 15) is 0 Å². The van der Waals surface area contributed by atoms with E-state index in [2.05, 4.69) is 95.1 Å². The summed E-state index contributed by atoms with van der Waals surface area (Å²) in [5.74, 6) is 0. The Balaban J connectivity index is 1.23. The predicted octanol–water partition coefficient (Wildman–Crippen LogP) is 6.63. The molecule has 5 rings (SSSR count). The van der Waals surface area contributed by atoms with Crippen LogP contribution in [0.1, 0.15) is 48.8 Å². The molecule has 1 aliphatic carbocycles. The van der Waals surface area contributed by atoms with Gasteiger partial charge in [-0.2, -0.15) is 0 Å². The molecule has 1 N–H and O–H groups in total. The molecule has 3 aromatic rings. The lowest BCUT2D eigenvalue weighted by Crippen LogP contribution is -2.52. The highest BCUT2D eigenvalue weighted by atomic mass is 35.5. The summed E-state index contributed by atoms with van der Waals surface area (Å²) < 4.78 is 0. The lowest BCUT2D eigenvalue weighted by atomic mass is 9.63. The molecule has 0 atom stereocenters. The number of hydrogen-bond acceptors (Lipinski definition) is 2. The lowest BCUT2D eigenvalue weighted by Gasteiger charge is -2.49. The summed E-state index contributed by atoms with van der Waals surface area (Å²) in [4.78, 5) is 2.74. The van der Waals surface area contributed by atoms with Gasteiger partial charge in [0.2, 0.25) is 0 Å². The van der Waals surface area contributed by atoms with E-state index in [0.29, 0.717) is 5.41 Å². The third-order valence-corrected chi connectivity index (χ3v) is 8.64. The second-order valence-corrected chi connectivity index (χ2v) is 10.9. The molecule has 0 spiro atoms. The molecule has 178 valence electrons. The molecule has 0 bridgehead atoms. The number of likely N-dealkylation sites (tertiary alicyclic amines) is 1. The Labute approximate surface area is 210 Å². The average molecular weight is 473 g/mol. The molecule has 0 radical (unpaired) electrons. The zero-order valence-corrected chi connectivity index (χ0v) is 20.9. The second kappa shape index (κ2) is 10.6. The molecule has 3 heteroatoms. The molecule has 2 fully saturated rings. The van der Waals surface area contributed by atoms with Gasteiger partial charge in [-0.05, 0) is 80.6 Å². The van der Waals surface area contributed by atoms with Crippen LogP contribution >= 0.6 is 11.6 Å². The van der Waals surface area contributed by atoms with Crippen molar-refractivity contribution in [1.29, 1.82) is 0 Å². The van der Waals surface area contributed by atoms with Crippen LogP contribution in [0, 0.1) is 0 Å². The van der Waals surface area contributed by atoms with Gasteiger partial charge in [0.15, 0.2) is 0 Å². The average Bonchev–Trinajstić information content (AvgIpc) is 2.87. The Kier molecular flexibility index (Phi) is 7.39. The summed E-state index contributed by atoms with van der Waals surface area (Å²) in [6, 6.07) is 30.7. The monoisotopic (exact) mass is 472 g/mol. The summed E-state index contributed by atoms with van der Waals surface area (Å²) in [6.45, 7) is 5.61. The van der Waals surface area contributed by atoms with Gasteiger partial charge >= 0.3 is 0 Å². The minimum absolute atomic E-state index is 0.224. The van der Waals surface area contributed by atoms with Gasteiger partial charge in [-0.3, -0.25) is 0 Å². The van der Waals surface area contributed by atoms with Gasteiger partial charge < -0.3 is 10.2 Å². The van der Waals surface area contributed by atoms with Crippen molar-refractivity contribution in [2.45, 2.75) is 49.4 Å². The smallest absolute Gasteiger partial charge is 0.0406 e. The van der Waals surface area contributed by atoms with Gasteiger partial charge in [-0.1, -0.05) is 90.8 Å². The highest BCUT2D eigenvalue weighted by Gasteiger charge is 2.42. The molecule has 0 unspecified atom stereocenters. The fourth-order valence-electron chi connectivity index (χ4n) is 6.08. The predicted molar refractivity (Wildman–Crippen MR) is 144 cm³/mol. The number of benzene rings is 3. The van der Waals surface area contributed by atoms with Crippen molar-refractivity contribution in [1.82, 2.24) is 10.2 Å². The van der Waals surface area contributed by atoms with Gasteiger partial charge in [0, 0.05) is 28.9 Å². The zero-order chi connectivity index (χ0) is 23.3. The lowest BCUT2D eigenvalue weighted by molar-refractivity contribution is 0.0936. The van der Waals surface area contributed by atoms with Crippen molar-refractivity contribution in [2.75, 3.05) is 32.7 Å². The molecule has 34 heavy (non-hydrogen) atoms. The van der Waals surface area contributed by atoms with E-state index >= 15 is 0 Å². The molecule has 1 saturated heterocycles. The third kappa shape index (κ3) is 5.25. The van der Waals surface area contributed by atoms with Crippen molar-refractivity contribution in [3.63, 3.8) is 0 Å². The van der Waals surface area contributed by atoms with Gasteiger partial charge in [0.1, 0.15) is 0 Å². The quantitative estimate of drug-likeness (QED) is 0.351. The van der Waals surface area contributed by atoms with Crippen molar-refractivity contribution in [3.8, 4) is 0 Å². The highest BCUT2D eigenvalue weighted by molar-refractivity contribution is 6.30. The van der Waals surface area contributed by atoms with Crippen molar-refractivity contribution in [2.24, 2.45) is 0 Å². The van der Waals surface area contributed by atoms with Crippen molar-refractivity contribution >= 4 is 11.6 Å². The Hall–Kier alpha value is -2.13. The number of rotatable bonds is 9. The van der Waals surface area contributed by atoms with Crippen LogP contribution < -0.4 is 5.32 Å². The van der Waals surface area contributed by atoms with Crippen molar-refractivity contribution in [3.05, 3.63) is 107 Å². The first-order valence-electron chi connectivity index (χ1n) is 13.0. The van der Waals surface area contributed by atoms with Crippen LogP contribution in [0.15, 0.2) is 84.9 Å². The fraction of sp³-hybridized carbons (Fsp3) is 0.419. The first kappa shape index (κ1) is 23.6. The SMILES string of the molecule is Clc1ccc(C2(CN3CCC(CNCCc4ccccc4)(c4ccccc4)CC3)CCC2)cc1. The topological polar surface area (TPSA) is 15.3 Å². The summed E-state index contributed by atoms with van der Waals surface area (Å²) in [5.41, 5.74) is 4.93. The van der Waals surface area contributed by atoms with Crippen LogP contribution in [0.5, 0.6) is 0 Å². The molecule has 3 aromatic carbocycles. The highest BCUT2D eigenvalue weighted by Crippen LogP contribution is 2.46. The summed E-state index contributed by atoms with van der Waals surface area (Å²) in [6.07, 6.45) is 7.46. The Morgan fingerprint density at radius 1 is 0.706 bits per heavy atom. The van der Waals surface area contributed by atoms with Gasteiger partial charge in [-0.25, -0.2) is 0 Å². The Morgan fingerprint density at radius 2 is 1.32 bits per heavy atom. The molecule has 0 aromatic heterocycles. The minimum Gasteiger partial charge on any atom is -0.316 e. The van der Waals surface area contributed by atoms with Crippen LogP contribution in [0.25, 0.3) is 0 Å². The molecule has 1 saturated carbocycles. The maximum Gasteiger partial charge on any atom is 0.0406 e. The maximum absolute atomic E-state index is 6.18. The number of piperidine rings is 1. The fourth-order valence-corrected chi connectivity index (χ4v) is 6.20. The molecule has 1 aliphatic heterocycles. The number of halogens is 1. The Morgan fingerprint density at radius 3 is 1.94 bits per heavy atom. The van der Waals surface area contributed by atoms with Crippen LogP contribution in [0.4, 0.5) is 0 Å². The van der Waals surface area contributed by atoms with Gasteiger partial charge in [0.25, 0.3) is 0 Å². The minimum atomic E-state index is 0.224. The summed E-state index contributed by atoms with van der Waals surface area (Å²) >= 11 is 6.18. The van der Waals surface area contributed by atoms with E-state index in [1.165, 1.54) is 68.4 Å². The number of nitrogens with one attached hydrogen (secondary N) is 1. The molecule has 2 aliphatic rings. The van der Waals surface area contributed by atoms with E-state index < -0.39 is 0 Å². The molecular weight excluding hydrogens is 436 g/mol. The van der Waals surface area contributed by atoms with Crippen molar-refractivity contribution < 1.29 is 0 Å². The van der Waals surface area contributed by atoms with E-state index in [-0.39, 0.29) is 5.41 Å². The van der Waals surface area contributed by atoms with E-state index in [1.54, 1.807) is 0 Å². The van der Waals surface area contributed by atoms with Gasteiger partial charge in [-0.15, -0.1) is 0 Å². The number of nitrogens with zero attached hydrogens (tertiary/aromatic N) is 1.